The van der Waals surface area contributed by atoms with Crippen molar-refractivity contribution in [3.63, 3.8) is 0 Å². The van der Waals surface area contributed by atoms with Crippen molar-refractivity contribution in [2.45, 2.75) is 18.8 Å². The lowest BCUT2D eigenvalue weighted by atomic mass is 10.2. The molecule has 1 aliphatic heterocycles. The zero-order valence-electron chi connectivity index (χ0n) is 14.0. The van der Waals surface area contributed by atoms with E-state index in [2.05, 4.69) is 16.0 Å². The first-order chi connectivity index (χ1) is 12.3. The molecule has 3 heterocycles. The van der Waals surface area contributed by atoms with Gasteiger partial charge in [0.2, 0.25) is 5.91 Å². The third-order valence-corrected chi connectivity index (χ3v) is 5.03. The maximum Gasteiger partial charge on any atom is 0.226 e. The highest BCUT2D eigenvalue weighted by molar-refractivity contribution is 5.83. The van der Waals surface area contributed by atoms with Gasteiger partial charge in [-0.05, 0) is 37.1 Å². The summed E-state index contributed by atoms with van der Waals surface area (Å²) in [6, 6.07) is 9.59. The number of aromatic nitrogens is 1. The fourth-order valence-electron chi connectivity index (χ4n) is 3.61. The minimum atomic E-state index is 0.0576. The van der Waals surface area contributed by atoms with E-state index in [0.29, 0.717) is 18.7 Å². The second-order valence-corrected chi connectivity index (χ2v) is 6.62. The van der Waals surface area contributed by atoms with E-state index in [1.807, 2.05) is 17.0 Å². The van der Waals surface area contributed by atoms with Gasteiger partial charge >= 0.3 is 0 Å². The molecule has 1 saturated carbocycles. The predicted octanol–water partition coefficient (Wildman–Crippen LogP) is 2.39. The Bertz CT molecular complexity index is 796. The van der Waals surface area contributed by atoms with Gasteiger partial charge < -0.3 is 14.2 Å². The van der Waals surface area contributed by atoms with Crippen molar-refractivity contribution in [2.24, 2.45) is 5.92 Å². The third kappa shape index (κ3) is 3.10. The number of nitriles is 1. The molecular formula is C19H20N4O2. The number of nitrogens with zero attached hydrogens (tertiary/aromatic N) is 4. The van der Waals surface area contributed by atoms with E-state index in [0.717, 1.165) is 37.5 Å². The number of carbonyl (C=O) groups is 1. The quantitative estimate of drug-likeness (QED) is 0.860. The Morgan fingerprint density at radius 1 is 1.24 bits per heavy atom. The van der Waals surface area contributed by atoms with E-state index in [1.165, 1.54) is 0 Å². The molecule has 1 amide bonds. The van der Waals surface area contributed by atoms with Gasteiger partial charge in [0, 0.05) is 44.2 Å². The van der Waals surface area contributed by atoms with E-state index < -0.39 is 0 Å². The summed E-state index contributed by atoms with van der Waals surface area (Å²) in [6.45, 7) is 2.93. The van der Waals surface area contributed by atoms with Crippen LogP contribution in [0.4, 0.5) is 5.82 Å². The molecule has 2 aromatic rings. The molecule has 2 fully saturated rings. The highest BCUT2D eigenvalue weighted by atomic mass is 16.3. The van der Waals surface area contributed by atoms with Gasteiger partial charge in [-0.3, -0.25) is 4.79 Å². The van der Waals surface area contributed by atoms with Crippen LogP contribution >= 0.6 is 0 Å². The van der Waals surface area contributed by atoms with E-state index in [-0.39, 0.29) is 17.7 Å². The number of hydrogen-bond donors (Lipinski definition) is 0. The average molecular weight is 336 g/mol. The molecule has 6 nitrogen and oxygen atoms in total. The van der Waals surface area contributed by atoms with E-state index in [4.69, 9.17) is 4.42 Å². The summed E-state index contributed by atoms with van der Waals surface area (Å²) in [5, 5.41) is 9.27. The van der Waals surface area contributed by atoms with Crippen LogP contribution in [-0.4, -0.2) is 42.0 Å². The van der Waals surface area contributed by atoms with Crippen LogP contribution in [0.3, 0.4) is 0 Å². The summed E-state index contributed by atoms with van der Waals surface area (Å²) in [6.07, 6.45) is 5.14. The molecule has 2 aliphatic rings. The Morgan fingerprint density at radius 3 is 2.96 bits per heavy atom. The molecule has 0 unspecified atom stereocenters. The lowest BCUT2D eigenvalue weighted by Gasteiger charge is -2.23. The highest BCUT2D eigenvalue weighted by Gasteiger charge is 2.47. The van der Waals surface area contributed by atoms with Crippen LogP contribution in [0.15, 0.2) is 41.1 Å². The van der Waals surface area contributed by atoms with Crippen molar-refractivity contribution in [2.75, 3.05) is 31.1 Å². The smallest absolute Gasteiger partial charge is 0.226 e. The number of hydrogen-bond acceptors (Lipinski definition) is 5. The number of amides is 1. The molecule has 1 aliphatic carbocycles. The Hall–Kier alpha value is -2.81. The third-order valence-electron chi connectivity index (χ3n) is 5.03. The summed E-state index contributed by atoms with van der Waals surface area (Å²) in [5.41, 5.74) is 0.586. The highest BCUT2D eigenvalue weighted by Crippen LogP contribution is 2.48. The maximum absolute atomic E-state index is 12.8. The van der Waals surface area contributed by atoms with Crippen molar-refractivity contribution in [3.8, 4) is 6.07 Å². The van der Waals surface area contributed by atoms with Crippen LogP contribution in [0.1, 0.15) is 30.1 Å². The number of pyridine rings is 1. The van der Waals surface area contributed by atoms with Gasteiger partial charge in [0.25, 0.3) is 0 Å². The Kier molecular flexibility index (Phi) is 4.14. The lowest BCUT2D eigenvalue weighted by Crippen LogP contribution is -2.36. The zero-order valence-corrected chi connectivity index (χ0v) is 14.0. The van der Waals surface area contributed by atoms with Gasteiger partial charge in [-0.2, -0.15) is 5.26 Å². The number of furan rings is 1. The molecule has 1 saturated heterocycles. The first-order valence-corrected chi connectivity index (χ1v) is 8.70. The lowest BCUT2D eigenvalue weighted by molar-refractivity contribution is -0.132. The van der Waals surface area contributed by atoms with Crippen molar-refractivity contribution in [3.05, 3.63) is 48.0 Å². The molecule has 0 radical (unpaired) electrons. The van der Waals surface area contributed by atoms with Crippen LogP contribution in [-0.2, 0) is 4.79 Å². The first-order valence-electron chi connectivity index (χ1n) is 8.70. The summed E-state index contributed by atoms with van der Waals surface area (Å²) >= 11 is 0. The SMILES string of the molecule is N#Cc1cccnc1N1CCCN(C(=O)[C@@H]2C[C@H]2c2ccco2)CC1. The maximum atomic E-state index is 12.8. The van der Waals surface area contributed by atoms with Crippen molar-refractivity contribution < 1.29 is 9.21 Å². The molecule has 128 valence electrons. The van der Waals surface area contributed by atoms with Crippen molar-refractivity contribution in [1.29, 1.82) is 5.26 Å². The molecule has 0 N–H and O–H groups in total. The summed E-state index contributed by atoms with van der Waals surface area (Å²) in [7, 11) is 0. The molecule has 25 heavy (non-hydrogen) atoms. The standard InChI is InChI=1S/C19H20N4O2/c20-13-14-4-1-6-21-18(14)22-7-3-8-23(10-9-22)19(24)16-12-15(16)17-5-2-11-25-17/h1-2,4-6,11,15-16H,3,7-10,12H2/t15-,16-/m1/s1. The van der Waals surface area contributed by atoms with E-state index in [1.54, 1.807) is 24.6 Å². The predicted molar refractivity (Wildman–Crippen MR) is 91.9 cm³/mol. The van der Waals surface area contributed by atoms with E-state index in [9.17, 15) is 10.1 Å². The normalized spacial score (nSPS) is 23.0. The topological polar surface area (TPSA) is 73.4 Å². The first kappa shape index (κ1) is 15.7. The van der Waals surface area contributed by atoms with Crippen LogP contribution in [0.2, 0.25) is 0 Å². The molecule has 0 bridgehead atoms. The minimum Gasteiger partial charge on any atom is -0.469 e. The average Bonchev–Trinajstić information content (AvgIpc) is 3.34. The molecule has 2 atom stereocenters. The fourth-order valence-corrected chi connectivity index (χ4v) is 3.61. The number of carbonyl (C=O) groups excluding carboxylic acids is 1. The zero-order chi connectivity index (χ0) is 17.2. The van der Waals surface area contributed by atoms with Gasteiger partial charge in [-0.1, -0.05) is 0 Å². The Morgan fingerprint density at radius 2 is 2.16 bits per heavy atom. The fraction of sp³-hybridized carbons (Fsp3) is 0.421. The Labute approximate surface area is 146 Å². The monoisotopic (exact) mass is 336 g/mol. The van der Waals surface area contributed by atoms with Gasteiger partial charge in [-0.25, -0.2) is 4.98 Å². The van der Waals surface area contributed by atoms with E-state index >= 15 is 0 Å². The van der Waals surface area contributed by atoms with Crippen LogP contribution in [0.25, 0.3) is 0 Å². The number of anilines is 1. The van der Waals surface area contributed by atoms with Crippen molar-refractivity contribution in [1.82, 2.24) is 9.88 Å². The molecule has 0 spiro atoms. The van der Waals surface area contributed by atoms with Gasteiger partial charge in [-0.15, -0.1) is 0 Å². The second-order valence-electron chi connectivity index (χ2n) is 6.62. The molecule has 4 rings (SSSR count). The van der Waals surface area contributed by atoms with Crippen LogP contribution in [0.5, 0.6) is 0 Å². The Balaban J connectivity index is 1.40. The van der Waals surface area contributed by atoms with Crippen LogP contribution < -0.4 is 4.90 Å². The summed E-state index contributed by atoms with van der Waals surface area (Å²) in [4.78, 5) is 21.2. The second kappa shape index (κ2) is 6.60. The van der Waals surface area contributed by atoms with Crippen LogP contribution in [0, 0.1) is 17.2 Å². The summed E-state index contributed by atoms with van der Waals surface area (Å²) < 4.78 is 5.43. The molecular weight excluding hydrogens is 316 g/mol. The summed E-state index contributed by atoms with van der Waals surface area (Å²) in [5.74, 6) is 2.16. The molecule has 6 heteroatoms. The van der Waals surface area contributed by atoms with Gasteiger partial charge in [0.15, 0.2) is 0 Å². The molecule has 2 aromatic heterocycles. The number of rotatable bonds is 3. The minimum absolute atomic E-state index is 0.0576. The van der Waals surface area contributed by atoms with Gasteiger partial charge in [0.1, 0.15) is 17.6 Å². The largest absolute Gasteiger partial charge is 0.469 e. The molecule has 0 aromatic carbocycles. The van der Waals surface area contributed by atoms with Crippen molar-refractivity contribution >= 4 is 11.7 Å². The van der Waals surface area contributed by atoms with Gasteiger partial charge in [0.05, 0.1) is 11.8 Å².